The standard InChI is InChI=1S/C27H27F2N/c1-2-3-4-18-5-7-19(8-6-18)20-9-11-21(12-10-20)22-13-14-24-23(15-22)16-26(28)25(17-30)27(24)29/h9-16,18-19H,2-8H2,1H3. The molecule has 0 aromatic heterocycles. The molecule has 1 saturated carbocycles. The summed E-state index contributed by atoms with van der Waals surface area (Å²) in [6.45, 7) is 2.26. The molecule has 0 bridgehead atoms. The summed E-state index contributed by atoms with van der Waals surface area (Å²) >= 11 is 0. The maximum absolute atomic E-state index is 14.4. The van der Waals surface area contributed by atoms with Crippen LogP contribution >= 0.6 is 0 Å². The van der Waals surface area contributed by atoms with Crippen LogP contribution in [0.1, 0.15) is 68.9 Å². The molecule has 0 amide bonds. The summed E-state index contributed by atoms with van der Waals surface area (Å²) in [6, 6.07) is 16.7. The first-order valence-corrected chi connectivity index (χ1v) is 11.0. The third kappa shape index (κ3) is 4.10. The molecule has 3 aromatic carbocycles. The van der Waals surface area contributed by atoms with Crippen LogP contribution < -0.4 is 0 Å². The van der Waals surface area contributed by atoms with Crippen molar-refractivity contribution in [1.29, 1.82) is 5.26 Å². The zero-order valence-electron chi connectivity index (χ0n) is 17.4. The number of hydrogen-bond acceptors (Lipinski definition) is 1. The highest BCUT2D eigenvalue weighted by Crippen LogP contribution is 2.38. The summed E-state index contributed by atoms with van der Waals surface area (Å²) in [5, 5.41) is 9.69. The number of nitrogens with zero attached hydrogens (tertiary/aromatic N) is 1. The Morgan fingerprint density at radius 3 is 2.30 bits per heavy atom. The lowest BCUT2D eigenvalue weighted by atomic mass is 9.77. The van der Waals surface area contributed by atoms with Crippen LogP contribution in [0.5, 0.6) is 0 Å². The summed E-state index contributed by atoms with van der Waals surface area (Å²) in [7, 11) is 0. The van der Waals surface area contributed by atoms with Crippen molar-refractivity contribution in [3.05, 3.63) is 71.3 Å². The van der Waals surface area contributed by atoms with Gasteiger partial charge in [0.05, 0.1) is 0 Å². The fourth-order valence-corrected chi connectivity index (χ4v) is 4.84. The molecule has 4 rings (SSSR count). The summed E-state index contributed by atoms with van der Waals surface area (Å²) < 4.78 is 28.4. The molecule has 0 atom stereocenters. The molecular weight excluding hydrogens is 376 g/mol. The number of rotatable bonds is 5. The van der Waals surface area contributed by atoms with E-state index in [0.29, 0.717) is 11.3 Å². The minimum atomic E-state index is -0.815. The van der Waals surface area contributed by atoms with Crippen molar-refractivity contribution in [3.8, 4) is 17.2 Å². The van der Waals surface area contributed by atoms with Crippen LogP contribution in [-0.2, 0) is 0 Å². The second-order valence-corrected chi connectivity index (χ2v) is 8.58. The molecule has 0 unspecified atom stereocenters. The third-order valence-corrected chi connectivity index (χ3v) is 6.67. The summed E-state index contributed by atoms with van der Waals surface area (Å²) in [5.41, 5.74) is 2.82. The van der Waals surface area contributed by atoms with Gasteiger partial charge in [0, 0.05) is 5.39 Å². The van der Waals surface area contributed by atoms with Crippen molar-refractivity contribution in [1.82, 2.24) is 0 Å². The summed E-state index contributed by atoms with van der Waals surface area (Å²) in [5.74, 6) is -0.0602. The molecule has 0 aliphatic heterocycles. The van der Waals surface area contributed by atoms with E-state index in [2.05, 4.69) is 31.2 Å². The minimum Gasteiger partial charge on any atom is -0.205 e. The van der Waals surface area contributed by atoms with Crippen LogP contribution in [0.2, 0.25) is 0 Å². The van der Waals surface area contributed by atoms with E-state index in [9.17, 15) is 8.78 Å². The van der Waals surface area contributed by atoms with Gasteiger partial charge in [-0.3, -0.25) is 0 Å². The molecule has 1 aliphatic rings. The van der Waals surface area contributed by atoms with E-state index in [-0.39, 0.29) is 5.39 Å². The predicted octanol–water partition coefficient (Wildman–Crippen LogP) is 8.12. The molecule has 0 radical (unpaired) electrons. The molecule has 30 heavy (non-hydrogen) atoms. The van der Waals surface area contributed by atoms with Gasteiger partial charge in [-0.1, -0.05) is 62.6 Å². The predicted molar refractivity (Wildman–Crippen MR) is 118 cm³/mol. The maximum atomic E-state index is 14.4. The van der Waals surface area contributed by atoms with Gasteiger partial charge in [-0.15, -0.1) is 0 Å². The van der Waals surface area contributed by atoms with Crippen molar-refractivity contribution in [3.63, 3.8) is 0 Å². The Morgan fingerprint density at radius 2 is 1.63 bits per heavy atom. The molecule has 0 N–H and O–H groups in total. The first-order valence-electron chi connectivity index (χ1n) is 11.0. The van der Waals surface area contributed by atoms with E-state index >= 15 is 0 Å². The fraction of sp³-hybridized carbons (Fsp3) is 0.370. The fourth-order valence-electron chi connectivity index (χ4n) is 4.84. The van der Waals surface area contributed by atoms with Crippen LogP contribution in [0.25, 0.3) is 21.9 Å². The first kappa shape index (κ1) is 20.5. The topological polar surface area (TPSA) is 23.8 Å². The van der Waals surface area contributed by atoms with Crippen LogP contribution in [-0.4, -0.2) is 0 Å². The highest BCUT2D eigenvalue weighted by atomic mass is 19.1. The van der Waals surface area contributed by atoms with Gasteiger partial charge in [0.1, 0.15) is 17.4 Å². The van der Waals surface area contributed by atoms with Gasteiger partial charge in [-0.2, -0.15) is 5.26 Å². The molecule has 0 heterocycles. The SMILES string of the molecule is CCCCC1CCC(c2ccc(-c3ccc4c(F)c(C#N)c(F)cc4c3)cc2)CC1. The van der Waals surface area contributed by atoms with E-state index in [0.717, 1.165) is 17.0 Å². The zero-order chi connectivity index (χ0) is 21.1. The monoisotopic (exact) mass is 403 g/mol. The second kappa shape index (κ2) is 8.96. The largest absolute Gasteiger partial charge is 0.205 e. The molecular formula is C27H27F2N. The van der Waals surface area contributed by atoms with E-state index < -0.39 is 17.2 Å². The van der Waals surface area contributed by atoms with Crippen molar-refractivity contribution in [2.75, 3.05) is 0 Å². The number of hydrogen-bond donors (Lipinski definition) is 0. The van der Waals surface area contributed by atoms with Crippen molar-refractivity contribution >= 4 is 10.8 Å². The molecule has 0 spiro atoms. The Balaban J connectivity index is 1.52. The summed E-state index contributed by atoms with van der Waals surface area (Å²) in [6.07, 6.45) is 9.21. The first-order chi connectivity index (χ1) is 14.6. The number of unbranched alkanes of at least 4 members (excludes halogenated alkanes) is 1. The van der Waals surface area contributed by atoms with Crippen LogP contribution in [0.3, 0.4) is 0 Å². The Labute approximate surface area is 177 Å². The van der Waals surface area contributed by atoms with Crippen LogP contribution in [0.15, 0.2) is 48.5 Å². The number of nitriles is 1. The number of benzene rings is 3. The second-order valence-electron chi connectivity index (χ2n) is 8.58. The van der Waals surface area contributed by atoms with Gasteiger partial charge in [-0.25, -0.2) is 8.78 Å². The lowest BCUT2D eigenvalue weighted by Crippen LogP contribution is -2.13. The quantitative estimate of drug-likeness (QED) is 0.422. The molecule has 1 fully saturated rings. The number of fused-ring (bicyclic) bond motifs is 1. The molecule has 3 heteroatoms. The van der Waals surface area contributed by atoms with Gasteiger partial charge < -0.3 is 0 Å². The third-order valence-electron chi connectivity index (χ3n) is 6.67. The van der Waals surface area contributed by atoms with Crippen molar-refractivity contribution in [2.24, 2.45) is 5.92 Å². The highest BCUT2D eigenvalue weighted by Gasteiger charge is 2.22. The van der Waals surface area contributed by atoms with E-state index in [1.165, 1.54) is 56.6 Å². The van der Waals surface area contributed by atoms with Crippen molar-refractivity contribution in [2.45, 2.75) is 57.8 Å². The molecule has 3 aromatic rings. The van der Waals surface area contributed by atoms with E-state index in [4.69, 9.17) is 5.26 Å². The molecule has 1 nitrogen and oxygen atoms in total. The van der Waals surface area contributed by atoms with Gasteiger partial charge >= 0.3 is 0 Å². The molecule has 0 saturated heterocycles. The maximum Gasteiger partial charge on any atom is 0.151 e. The zero-order valence-corrected chi connectivity index (χ0v) is 17.4. The summed E-state index contributed by atoms with van der Waals surface area (Å²) in [4.78, 5) is 0. The minimum absolute atomic E-state index is 0.271. The Bertz CT molecular complexity index is 1070. The average molecular weight is 404 g/mol. The van der Waals surface area contributed by atoms with Gasteiger partial charge in [0.2, 0.25) is 0 Å². The normalized spacial score (nSPS) is 19.0. The van der Waals surface area contributed by atoms with E-state index in [1.807, 2.05) is 6.07 Å². The van der Waals surface area contributed by atoms with Crippen LogP contribution in [0.4, 0.5) is 8.78 Å². The lowest BCUT2D eigenvalue weighted by Gasteiger charge is -2.29. The van der Waals surface area contributed by atoms with Crippen LogP contribution in [0, 0.1) is 28.9 Å². The van der Waals surface area contributed by atoms with Gasteiger partial charge in [0.25, 0.3) is 0 Å². The van der Waals surface area contributed by atoms with Gasteiger partial charge in [0.15, 0.2) is 5.82 Å². The highest BCUT2D eigenvalue weighted by molar-refractivity contribution is 5.89. The number of halogens is 2. The smallest absolute Gasteiger partial charge is 0.151 e. The van der Waals surface area contributed by atoms with Gasteiger partial charge in [-0.05, 0) is 71.7 Å². The lowest BCUT2D eigenvalue weighted by molar-refractivity contribution is 0.304. The Morgan fingerprint density at radius 1 is 0.933 bits per heavy atom. The van der Waals surface area contributed by atoms with E-state index in [1.54, 1.807) is 18.2 Å². The van der Waals surface area contributed by atoms with Crippen molar-refractivity contribution < 1.29 is 8.78 Å². The average Bonchev–Trinajstić information content (AvgIpc) is 2.78. The molecule has 154 valence electrons. The Kier molecular flexibility index (Phi) is 6.13. The molecule has 1 aliphatic carbocycles. The Hall–Kier alpha value is -2.73.